The molecule has 0 aromatic carbocycles. The lowest BCUT2D eigenvalue weighted by molar-refractivity contribution is 1.10. The van der Waals surface area contributed by atoms with Gasteiger partial charge in [-0.2, -0.15) is 0 Å². The fourth-order valence-corrected chi connectivity index (χ4v) is 0.935. The van der Waals surface area contributed by atoms with Gasteiger partial charge in [0.2, 0.25) is 5.65 Å². The molecule has 5 nitrogen and oxygen atoms in total. The van der Waals surface area contributed by atoms with Crippen LogP contribution in [0.15, 0.2) is 18.7 Å². The summed E-state index contributed by atoms with van der Waals surface area (Å²) in [6.45, 7) is 0. The largest absolute Gasteiger partial charge is 0.370 e. The van der Waals surface area contributed by atoms with Gasteiger partial charge in [-0.05, 0) is 0 Å². The van der Waals surface area contributed by atoms with Gasteiger partial charge < -0.3 is 5.32 Å². The number of hydrogen-bond acceptors (Lipinski definition) is 4. The number of nitrogens with one attached hydrogen (secondary N) is 1. The van der Waals surface area contributed by atoms with E-state index in [1.807, 2.05) is 0 Å². The van der Waals surface area contributed by atoms with Crippen molar-refractivity contribution < 1.29 is 0 Å². The number of rotatable bonds is 1. The molecular weight excluding hydrogens is 142 g/mol. The van der Waals surface area contributed by atoms with Gasteiger partial charge in [0.1, 0.15) is 6.33 Å². The standard InChI is InChI=1S/C6H7N5/c1-7-5-6-10-9-4-11(6)3-2-8-5/h2-4H,1H3,(H,7,8). The molecule has 0 radical (unpaired) electrons. The second kappa shape index (κ2) is 2.19. The third-order valence-corrected chi connectivity index (χ3v) is 1.45. The molecule has 0 fully saturated rings. The van der Waals surface area contributed by atoms with Crippen molar-refractivity contribution in [1.82, 2.24) is 19.6 Å². The summed E-state index contributed by atoms with van der Waals surface area (Å²) in [6.07, 6.45) is 5.14. The van der Waals surface area contributed by atoms with E-state index in [1.54, 1.807) is 30.2 Å². The number of anilines is 1. The lowest BCUT2D eigenvalue weighted by Gasteiger charge is -1.97. The molecule has 2 aromatic heterocycles. The summed E-state index contributed by atoms with van der Waals surface area (Å²) in [4.78, 5) is 4.06. The van der Waals surface area contributed by atoms with E-state index < -0.39 is 0 Å². The first-order chi connectivity index (χ1) is 5.42. The van der Waals surface area contributed by atoms with Gasteiger partial charge in [0.25, 0.3) is 0 Å². The van der Waals surface area contributed by atoms with Gasteiger partial charge in [-0.1, -0.05) is 0 Å². The molecular formula is C6H7N5. The predicted molar refractivity (Wildman–Crippen MR) is 40.3 cm³/mol. The Bertz CT molecular complexity index is 366. The minimum Gasteiger partial charge on any atom is -0.370 e. The van der Waals surface area contributed by atoms with Crippen molar-refractivity contribution >= 4 is 11.5 Å². The highest BCUT2D eigenvalue weighted by Gasteiger charge is 1.99. The molecule has 0 aliphatic carbocycles. The van der Waals surface area contributed by atoms with Gasteiger partial charge in [0.05, 0.1) is 0 Å². The van der Waals surface area contributed by atoms with E-state index in [9.17, 15) is 0 Å². The summed E-state index contributed by atoms with van der Waals surface area (Å²) in [5, 5.41) is 10.5. The van der Waals surface area contributed by atoms with E-state index >= 15 is 0 Å². The quantitative estimate of drug-likeness (QED) is 0.627. The van der Waals surface area contributed by atoms with Crippen LogP contribution < -0.4 is 5.32 Å². The van der Waals surface area contributed by atoms with Crippen LogP contribution in [0.1, 0.15) is 0 Å². The molecule has 1 N–H and O–H groups in total. The fraction of sp³-hybridized carbons (Fsp3) is 0.167. The SMILES string of the molecule is CNc1nccn2cnnc12. The van der Waals surface area contributed by atoms with E-state index in [4.69, 9.17) is 0 Å². The molecule has 0 saturated heterocycles. The van der Waals surface area contributed by atoms with Gasteiger partial charge in [-0.25, -0.2) is 4.98 Å². The van der Waals surface area contributed by atoms with Crippen molar-refractivity contribution in [2.75, 3.05) is 12.4 Å². The highest BCUT2D eigenvalue weighted by molar-refractivity contribution is 5.60. The smallest absolute Gasteiger partial charge is 0.203 e. The highest BCUT2D eigenvalue weighted by Crippen LogP contribution is 2.07. The highest BCUT2D eigenvalue weighted by atomic mass is 15.2. The molecule has 2 heterocycles. The Labute approximate surface area is 63.1 Å². The zero-order valence-electron chi connectivity index (χ0n) is 6.02. The Balaban J connectivity index is 2.79. The topological polar surface area (TPSA) is 55.1 Å². The maximum Gasteiger partial charge on any atom is 0.203 e. The molecule has 11 heavy (non-hydrogen) atoms. The molecule has 0 saturated carbocycles. The molecule has 5 heteroatoms. The van der Waals surface area contributed by atoms with Crippen molar-refractivity contribution in [1.29, 1.82) is 0 Å². The number of nitrogens with zero attached hydrogens (tertiary/aromatic N) is 4. The average molecular weight is 149 g/mol. The first-order valence-electron chi connectivity index (χ1n) is 3.24. The van der Waals surface area contributed by atoms with Gasteiger partial charge in [0.15, 0.2) is 5.82 Å². The molecule has 2 aromatic rings. The molecule has 0 amide bonds. The summed E-state index contributed by atoms with van der Waals surface area (Å²) in [7, 11) is 1.80. The molecule has 0 unspecified atom stereocenters. The van der Waals surface area contributed by atoms with Crippen molar-refractivity contribution in [2.45, 2.75) is 0 Å². The lowest BCUT2D eigenvalue weighted by atomic mass is 10.6. The molecule has 0 aliphatic heterocycles. The van der Waals surface area contributed by atoms with Crippen LogP contribution in [0.25, 0.3) is 5.65 Å². The summed E-state index contributed by atoms with van der Waals surface area (Å²) in [5.41, 5.74) is 0.745. The first kappa shape index (κ1) is 6.09. The molecule has 0 atom stereocenters. The van der Waals surface area contributed by atoms with Crippen LogP contribution in [-0.4, -0.2) is 26.6 Å². The Morgan fingerprint density at radius 3 is 3.27 bits per heavy atom. The van der Waals surface area contributed by atoms with Crippen LogP contribution in [-0.2, 0) is 0 Å². The van der Waals surface area contributed by atoms with Crippen LogP contribution in [0.4, 0.5) is 5.82 Å². The van der Waals surface area contributed by atoms with E-state index in [2.05, 4.69) is 20.5 Å². The third-order valence-electron chi connectivity index (χ3n) is 1.45. The van der Waals surface area contributed by atoms with E-state index in [1.165, 1.54) is 0 Å². The fourth-order valence-electron chi connectivity index (χ4n) is 0.935. The van der Waals surface area contributed by atoms with Crippen LogP contribution in [0.3, 0.4) is 0 Å². The molecule has 0 aliphatic rings. The Kier molecular flexibility index (Phi) is 1.21. The predicted octanol–water partition coefficient (Wildman–Crippen LogP) is 0.166. The summed E-state index contributed by atoms with van der Waals surface area (Å²) in [6, 6.07) is 0. The first-order valence-corrected chi connectivity index (χ1v) is 3.24. The van der Waals surface area contributed by atoms with E-state index in [0.717, 1.165) is 11.5 Å². The number of hydrogen-bond donors (Lipinski definition) is 1. The van der Waals surface area contributed by atoms with Crippen LogP contribution in [0.5, 0.6) is 0 Å². The van der Waals surface area contributed by atoms with Crippen molar-refractivity contribution in [3.8, 4) is 0 Å². The Morgan fingerprint density at radius 1 is 1.55 bits per heavy atom. The second-order valence-corrected chi connectivity index (χ2v) is 2.09. The molecule has 56 valence electrons. The van der Waals surface area contributed by atoms with Gasteiger partial charge in [-0.15, -0.1) is 10.2 Å². The van der Waals surface area contributed by atoms with Crippen molar-refractivity contribution in [2.24, 2.45) is 0 Å². The maximum absolute atomic E-state index is 4.06. The normalized spacial score (nSPS) is 10.3. The van der Waals surface area contributed by atoms with Crippen LogP contribution in [0, 0.1) is 0 Å². The second-order valence-electron chi connectivity index (χ2n) is 2.09. The van der Waals surface area contributed by atoms with Crippen LogP contribution >= 0.6 is 0 Å². The molecule has 2 rings (SSSR count). The maximum atomic E-state index is 4.06. The van der Waals surface area contributed by atoms with Crippen molar-refractivity contribution in [3.05, 3.63) is 18.7 Å². The zero-order valence-corrected chi connectivity index (χ0v) is 6.02. The van der Waals surface area contributed by atoms with Gasteiger partial charge in [-0.3, -0.25) is 4.40 Å². The molecule has 0 spiro atoms. The Morgan fingerprint density at radius 2 is 2.45 bits per heavy atom. The van der Waals surface area contributed by atoms with Crippen LogP contribution in [0.2, 0.25) is 0 Å². The minimum atomic E-state index is 0.741. The minimum absolute atomic E-state index is 0.741. The zero-order chi connectivity index (χ0) is 7.68. The summed E-state index contributed by atoms with van der Waals surface area (Å²) in [5.74, 6) is 0.741. The van der Waals surface area contributed by atoms with E-state index in [0.29, 0.717) is 0 Å². The Hall–Kier alpha value is -1.65. The third kappa shape index (κ3) is 0.813. The number of aromatic nitrogens is 4. The summed E-state index contributed by atoms with van der Waals surface area (Å²) >= 11 is 0. The van der Waals surface area contributed by atoms with Gasteiger partial charge >= 0.3 is 0 Å². The van der Waals surface area contributed by atoms with Crippen molar-refractivity contribution in [3.63, 3.8) is 0 Å². The molecule has 0 bridgehead atoms. The summed E-state index contributed by atoms with van der Waals surface area (Å²) < 4.78 is 1.80. The van der Waals surface area contributed by atoms with Gasteiger partial charge in [0, 0.05) is 19.4 Å². The average Bonchev–Trinajstić information content (AvgIpc) is 2.50. The lowest BCUT2D eigenvalue weighted by Crippen LogP contribution is -1.95. The number of fused-ring (bicyclic) bond motifs is 1. The van der Waals surface area contributed by atoms with E-state index in [-0.39, 0.29) is 0 Å². The monoisotopic (exact) mass is 149 g/mol.